The number of aliphatic carboxylic acids is 1. The van der Waals surface area contributed by atoms with Crippen LogP contribution in [-0.2, 0) is 20.9 Å². The van der Waals surface area contributed by atoms with Crippen molar-refractivity contribution in [3.63, 3.8) is 0 Å². The summed E-state index contributed by atoms with van der Waals surface area (Å²) in [6.07, 6.45) is 3.08. The van der Waals surface area contributed by atoms with Gasteiger partial charge < -0.3 is 14.7 Å². The van der Waals surface area contributed by atoms with Gasteiger partial charge in [0.25, 0.3) is 5.91 Å². The molecule has 2 heterocycles. The summed E-state index contributed by atoms with van der Waals surface area (Å²) >= 11 is 0. The van der Waals surface area contributed by atoms with E-state index in [9.17, 15) is 9.59 Å². The molecule has 0 spiro atoms. The van der Waals surface area contributed by atoms with Crippen LogP contribution >= 0.6 is 0 Å². The maximum Gasteiger partial charge on any atom is 0.332 e. The average Bonchev–Trinajstić information content (AvgIpc) is 3.20. The molecule has 2 fully saturated rings. The molecule has 3 rings (SSSR count). The number of amides is 1. The Morgan fingerprint density at radius 3 is 2.57 bits per heavy atom. The molecule has 1 saturated heterocycles. The average molecular weight is 290 g/mol. The summed E-state index contributed by atoms with van der Waals surface area (Å²) in [4.78, 5) is 29.5. The fourth-order valence-corrected chi connectivity index (χ4v) is 2.62. The number of carbonyl (C=O) groups excluding carboxylic acids is 1. The van der Waals surface area contributed by atoms with E-state index in [0.717, 1.165) is 18.5 Å². The van der Waals surface area contributed by atoms with Gasteiger partial charge in [-0.15, -0.1) is 0 Å². The van der Waals surface area contributed by atoms with Crippen molar-refractivity contribution in [1.82, 2.24) is 9.88 Å². The Kier molecular flexibility index (Phi) is 3.88. The number of pyridine rings is 1. The molecule has 6 heteroatoms. The zero-order valence-electron chi connectivity index (χ0n) is 11.6. The quantitative estimate of drug-likeness (QED) is 0.881. The highest BCUT2D eigenvalue weighted by Gasteiger charge is 2.41. The van der Waals surface area contributed by atoms with E-state index >= 15 is 0 Å². The summed E-state index contributed by atoms with van der Waals surface area (Å²) in [5, 5.41) is 8.95. The SMILES string of the molecule is O=C(O)C1CCC(C(=O)N(Cc2ccccn2)C2CC2)O1. The molecule has 1 aliphatic heterocycles. The molecule has 2 atom stereocenters. The number of carboxylic acid groups (broad SMARTS) is 1. The predicted molar refractivity (Wildman–Crippen MR) is 73.3 cm³/mol. The molecule has 0 bridgehead atoms. The van der Waals surface area contributed by atoms with E-state index in [1.54, 1.807) is 11.1 Å². The second-order valence-electron chi connectivity index (χ2n) is 5.55. The number of carbonyl (C=O) groups is 2. The summed E-state index contributed by atoms with van der Waals surface area (Å²) in [5.74, 6) is -1.10. The lowest BCUT2D eigenvalue weighted by atomic mass is 10.1. The second-order valence-corrected chi connectivity index (χ2v) is 5.55. The van der Waals surface area contributed by atoms with E-state index in [-0.39, 0.29) is 11.9 Å². The smallest absolute Gasteiger partial charge is 0.332 e. The van der Waals surface area contributed by atoms with Gasteiger partial charge in [-0.3, -0.25) is 9.78 Å². The zero-order chi connectivity index (χ0) is 14.8. The lowest BCUT2D eigenvalue weighted by Gasteiger charge is -2.25. The van der Waals surface area contributed by atoms with Crippen LogP contribution in [0.4, 0.5) is 0 Å². The largest absolute Gasteiger partial charge is 0.479 e. The van der Waals surface area contributed by atoms with Gasteiger partial charge in [0.05, 0.1) is 12.2 Å². The molecule has 2 aliphatic rings. The molecule has 1 saturated carbocycles. The number of aromatic nitrogens is 1. The van der Waals surface area contributed by atoms with Crippen LogP contribution in [0, 0.1) is 0 Å². The van der Waals surface area contributed by atoms with E-state index < -0.39 is 18.2 Å². The minimum Gasteiger partial charge on any atom is -0.479 e. The van der Waals surface area contributed by atoms with Crippen molar-refractivity contribution >= 4 is 11.9 Å². The number of hydrogen-bond donors (Lipinski definition) is 1. The topological polar surface area (TPSA) is 79.7 Å². The van der Waals surface area contributed by atoms with Crippen molar-refractivity contribution in [3.05, 3.63) is 30.1 Å². The third kappa shape index (κ3) is 3.21. The highest BCUT2D eigenvalue weighted by atomic mass is 16.5. The summed E-state index contributed by atoms with van der Waals surface area (Å²) < 4.78 is 5.37. The Balaban J connectivity index is 1.67. The van der Waals surface area contributed by atoms with Crippen LogP contribution < -0.4 is 0 Å². The van der Waals surface area contributed by atoms with Gasteiger partial charge in [0, 0.05) is 12.2 Å². The number of hydrogen-bond acceptors (Lipinski definition) is 4. The van der Waals surface area contributed by atoms with E-state index in [0.29, 0.717) is 19.4 Å². The van der Waals surface area contributed by atoms with E-state index in [1.165, 1.54) is 0 Å². The highest BCUT2D eigenvalue weighted by molar-refractivity contribution is 5.83. The van der Waals surface area contributed by atoms with Crippen molar-refractivity contribution in [2.24, 2.45) is 0 Å². The van der Waals surface area contributed by atoms with E-state index in [1.807, 2.05) is 18.2 Å². The van der Waals surface area contributed by atoms with Crippen LogP contribution in [0.1, 0.15) is 31.4 Å². The van der Waals surface area contributed by atoms with Crippen molar-refractivity contribution in [3.8, 4) is 0 Å². The molecule has 21 heavy (non-hydrogen) atoms. The third-order valence-corrected chi connectivity index (χ3v) is 3.90. The predicted octanol–water partition coefficient (Wildman–Crippen LogP) is 1.20. The Bertz CT molecular complexity index is 530. The van der Waals surface area contributed by atoms with Crippen LogP contribution in [0.3, 0.4) is 0 Å². The van der Waals surface area contributed by atoms with Crippen LogP contribution in [0.5, 0.6) is 0 Å². The fourth-order valence-electron chi connectivity index (χ4n) is 2.62. The van der Waals surface area contributed by atoms with Gasteiger partial charge in [0.15, 0.2) is 6.10 Å². The molecular formula is C15H18N2O4. The molecule has 2 unspecified atom stereocenters. The molecule has 112 valence electrons. The first-order chi connectivity index (χ1) is 10.1. The van der Waals surface area contributed by atoms with Gasteiger partial charge in [-0.1, -0.05) is 6.07 Å². The summed E-state index contributed by atoms with van der Waals surface area (Å²) in [6, 6.07) is 5.86. The van der Waals surface area contributed by atoms with Crippen molar-refractivity contribution in [1.29, 1.82) is 0 Å². The molecule has 1 aromatic rings. The molecule has 1 aliphatic carbocycles. The minimum atomic E-state index is -0.993. The molecule has 0 radical (unpaired) electrons. The molecule has 1 amide bonds. The first-order valence-corrected chi connectivity index (χ1v) is 7.24. The van der Waals surface area contributed by atoms with E-state index in [4.69, 9.17) is 9.84 Å². The van der Waals surface area contributed by atoms with Gasteiger partial charge in [-0.2, -0.15) is 0 Å². The van der Waals surface area contributed by atoms with Crippen LogP contribution in [-0.4, -0.2) is 45.1 Å². The highest BCUT2D eigenvalue weighted by Crippen LogP contribution is 2.31. The molecule has 1 aromatic heterocycles. The normalized spacial score (nSPS) is 24.8. The fraction of sp³-hybridized carbons (Fsp3) is 0.533. The Hall–Kier alpha value is -1.95. The molecule has 1 N–H and O–H groups in total. The van der Waals surface area contributed by atoms with Gasteiger partial charge >= 0.3 is 5.97 Å². The Morgan fingerprint density at radius 2 is 2.00 bits per heavy atom. The van der Waals surface area contributed by atoms with Gasteiger partial charge in [-0.25, -0.2) is 4.79 Å². The van der Waals surface area contributed by atoms with Crippen molar-refractivity contribution in [2.45, 2.75) is 50.5 Å². The minimum absolute atomic E-state index is 0.105. The number of nitrogens with zero attached hydrogens (tertiary/aromatic N) is 2. The number of ether oxygens (including phenoxy) is 1. The second kappa shape index (κ2) is 5.81. The monoisotopic (exact) mass is 290 g/mol. The number of rotatable bonds is 5. The summed E-state index contributed by atoms with van der Waals surface area (Å²) in [5.41, 5.74) is 0.838. The summed E-state index contributed by atoms with van der Waals surface area (Å²) in [7, 11) is 0. The Morgan fingerprint density at radius 1 is 1.24 bits per heavy atom. The first kappa shape index (κ1) is 14.0. The standard InChI is InChI=1S/C15H18N2O4/c18-14(12-6-7-13(21-12)15(19)20)17(11-4-5-11)9-10-3-1-2-8-16-10/h1-3,8,11-13H,4-7,9H2,(H,19,20). The summed E-state index contributed by atoms with van der Waals surface area (Å²) in [6.45, 7) is 0.460. The number of carboxylic acids is 1. The van der Waals surface area contributed by atoms with Gasteiger partial charge in [0.1, 0.15) is 6.10 Å². The Labute approximate surface area is 122 Å². The third-order valence-electron chi connectivity index (χ3n) is 3.90. The maximum atomic E-state index is 12.6. The lowest BCUT2D eigenvalue weighted by molar-refractivity contribution is -0.155. The van der Waals surface area contributed by atoms with E-state index in [2.05, 4.69) is 4.98 Å². The van der Waals surface area contributed by atoms with Crippen molar-refractivity contribution < 1.29 is 19.4 Å². The lowest BCUT2D eigenvalue weighted by Crippen LogP contribution is -2.40. The first-order valence-electron chi connectivity index (χ1n) is 7.24. The van der Waals surface area contributed by atoms with Crippen LogP contribution in [0.25, 0.3) is 0 Å². The van der Waals surface area contributed by atoms with Crippen molar-refractivity contribution in [2.75, 3.05) is 0 Å². The van der Waals surface area contributed by atoms with Gasteiger partial charge in [0.2, 0.25) is 0 Å². The maximum absolute atomic E-state index is 12.6. The molecular weight excluding hydrogens is 272 g/mol. The van der Waals surface area contributed by atoms with Gasteiger partial charge in [-0.05, 0) is 37.8 Å². The van der Waals surface area contributed by atoms with Crippen LogP contribution in [0.15, 0.2) is 24.4 Å². The molecule has 6 nitrogen and oxygen atoms in total. The zero-order valence-corrected chi connectivity index (χ0v) is 11.6. The molecule has 0 aromatic carbocycles. The van der Waals surface area contributed by atoms with Crippen LogP contribution in [0.2, 0.25) is 0 Å².